The third-order valence-corrected chi connectivity index (χ3v) is 3.67. The zero-order valence-corrected chi connectivity index (χ0v) is 11.0. The van der Waals surface area contributed by atoms with Crippen LogP contribution in [-0.4, -0.2) is 12.7 Å². The molecule has 0 bridgehead atoms. The van der Waals surface area contributed by atoms with Crippen molar-refractivity contribution in [2.45, 2.75) is 12.5 Å². The normalized spacial score (nSPS) is 18.1. The predicted octanol–water partition coefficient (Wildman–Crippen LogP) is 4.06. The molecule has 86 valence electrons. The predicted molar refractivity (Wildman–Crippen MR) is 73.0 cm³/mol. The van der Waals surface area contributed by atoms with Crippen LogP contribution in [-0.2, 0) is 11.2 Å². The van der Waals surface area contributed by atoms with Crippen LogP contribution >= 0.6 is 15.9 Å². The smallest absolute Gasteiger partial charge is 0.0850 e. The number of rotatable bonds is 3. The quantitative estimate of drug-likeness (QED) is 0.776. The average Bonchev–Trinajstić information content (AvgIpc) is 3.17. The Kier molecular flexibility index (Phi) is 3.00. The van der Waals surface area contributed by atoms with E-state index in [-0.39, 0.29) is 0 Å². The van der Waals surface area contributed by atoms with Crippen molar-refractivity contribution in [1.29, 1.82) is 0 Å². The van der Waals surface area contributed by atoms with Gasteiger partial charge in [-0.15, -0.1) is 0 Å². The molecule has 1 nitrogen and oxygen atoms in total. The number of hydrogen-bond acceptors (Lipinski definition) is 1. The van der Waals surface area contributed by atoms with Crippen LogP contribution in [0.2, 0.25) is 0 Å². The zero-order valence-electron chi connectivity index (χ0n) is 9.40. The molecular formula is C15H13BrO. The summed E-state index contributed by atoms with van der Waals surface area (Å²) in [6, 6.07) is 17.0. The molecule has 2 aromatic rings. The van der Waals surface area contributed by atoms with Crippen LogP contribution in [0, 0.1) is 0 Å². The van der Waals surface area contributed by atoms with Crippen molar-refractivity contribution in [3.8, 4) is 11.1 Å². The summed E-state index contributed by atoms with van der Waals surface area (Å²) in [6.07, 6.45) is 1.47. The number of ether oxygens (including phenoxy) is 1. The van der Waals surface area contributed by atoms with E-state index in [1.54, 1.807) is 0 Å². The van der Waals surface area contributed by atoms with Crippen molar-refractivity contribution in [3.05, 3.63) is 58.6 Å². The summed E-state index contributed by atoms with van der Waals surface area (Å²) in [5.74, 6) is 0. The van der Waals surface area contributed by atoms with Gasteiger partial charge in [0.05, 0.1) is 12.7 Å². The summed E-state index contributed by atoms with van der Waals surface area (Å²) in [6.45, 7) is 0.913. The standard InChI is InChI=1S/C15H13BrO/c16-15-7-6-11(8-13-10-17-13)9-14(15)12-4-2-1-3-5-12/h1-7,9,13H,8,10H2. The molecule has 1 aliphatic rings. The fourth-order valence-electron chi connectivity index (χ4n) is 1.99. The van der Waals surface area contributed by atoms with Crippen LogP contribution in [0.4, 0.5) is 0 Å². The summed E-state index contributed by atoms with van der Waals surface area (Å²) in [5.41, 5.74) is 3.84. The fraction of sp³-hybridized carbons (Fsp3) is 0.200. The lowest BCUT2D eigenvalue weighted by molar-refractivity contribution is 0.407. The molecule has 1 atom stereocenters. The summed E-state index contributed by atoms with van der Waals surface area (Å²) >= 11 is 3.62. The molecule has 1 saturated heterocycles. The Balaban J connectivity index is 1.96. The molecule has 17 heavy (non-hydrogen) atoms. The number of epoxide rings is 1. The van der Waals surface area contributed by atoms with Gasteiger partial charge in [0, 0.05) is 10.9 Å². The Labute approximate surface area is 110 Å². The van der Waals surface area contributed by atoms with Gasteiger partial charge in [-0.1, -0.05) is 52.3 Å². The average molecular weight is 289 g/mol. The highest BCUT2D eigenvalue weighted by molar-refractivity contribution is 9.10. The van der Waals surface area contributed by atoms with Gasteiger partial charge in [0.2, 0.25) is 0 Å². The molecule has 0 aromatic heterocycles. The third-order valence-electron chi connectivity index (χ3n) is 2.98. The largest absolute Gasteiger partial charge is 0.373 e. The minimum absolute atomic E-state index is 0.444. The summed E-state index contributed by atoms with van der Waals surface area (Å²) in [5, 5.41) is 0. The molecule has 2 heteroatoms. The van der Waals surface area contributed by atoms with Crippen molar-refractivity contribution in [2.75, 3.05) is 6.61 Å². The van der Waals surface area contributed by atoms with E-state index < -0.39 is 0 Å². The lowest BCUT2D eigenvalue weighted by Crippen LogP contribution is -1.93. The van der Waals surface area contributed by atoms with Gasteiger partial charge in [-0.25, -0.2) is 0 Å². The number of halogens is 1. The summed E-state index contributed by atoms with van der Waals surface area (Å²) < 4.78 is 6.42. The van der Waals surface area contributed by atoms with Gasteiger partial charge < -0.3 is 4.74 Å². The first-order chi connectivity index (χ1) is 8.33. The van der Waals surface area contributed by atoms with Gasteiger partial charge in [-0.3, -0.25) is 0 Å². The van der Waals surface area contributed by atoms with Gasteiger partial charge >= 0.3 is 0 Å². The van der Waals surface area contributed by atoms with Gasteiger partial charge in [0.15, 0.2) is 0 Å². The van der Waals surface area contributed by atoms with Crippen molar-refractivity contribution in [1.82, 2.24) is 0 Å². The first kappa shape index (κ1) is 11.0. The van der Waals surface area contributed by atoms with Crippen molar-refractivity contribution in [3.63, 3.8) is 0 Å². The number of hydrogen-bond donors (Lipinski definition) is 0. The van der Waals surface area contributed by atoms with E-state index in [0.29, 0.717) is 6.10 Å². The van der Waals surface area contributed by atoms with E-state index in [4.69, 9.17) is 4.74 Å². The monoisotopic (exact) mass is 288 g/mol. The van der Waals surface area contributed by atoms with E-state index >= 15 is 0 Å². The van der Waals surface area contributed by atoms with E-state index in [2.05, 4.69) is 58.4 Å². The van der Waals surface area contributed by atoms with E-state index in [9.17, 15) is 0 Å². The molecule has 3 rings (SSSR count). The minimum atomic E-state index is 0.444. The van der Waals surface area contributed by atoms with Crippen LogP contribution in [0.3, 0.4) is 0 Å². The maximum Gasteiger partial charge on any atom is 0.0850 e. The van der Waals surface area contributed by atoms with Crippen LogP contribution in [0.5, 0.6) is 0 Å². The van der Waals surface area contributed by atoms with Crippen molar-refractivity contribution >= 4 is 15.9 Å². The second-order valence-corrected chi connectivity index (χ2v) is 5.19. The number of benzene rings is 2. The van der Waals surface area contributed by atoms with Crippen LogP contribution in [0.25, 0.3) is 11.1 Å². The Morgan fingerprint density at radius 2 is 1.88 bits per heavy atom. The SMILES string of the molecule is Brc1ccc(CC2CO2)cc1-c1ccccc1. The molecule has 0 aliphatic carbocycles. The Morgan fingerprint density at radius 1 is 1.12 bits per heavy atom. The maximum atomic E-state index is 5.28. The highest BCUT2D eigenvalue weighted by atomic mass is 79.9. The lowest BCUT2D eigenvalue weighted by atomic mass is 10.0. The summed E-state index contributed by atoms with van der Waals surface area (Å²) in [4.78, 5) is 0. The van der Waals surface area contributed by atoms with E-state index in [1.165, 1.54) is 16.7 Å². The molecule has 1 unspecified atom stereocenters. The van der Waals surface area contributed by atoms with Gasteiger partial charge in [0.1, 0.15) is 0 Å². The summed E-state index contributed by atoms with van der Waals surface area (Å²) in [7, 11) is 0. The molecule has 0 amide bonds. The minimum Gasteiger partial charge on any atom is -0.373 e. The maximum absolute atomic E-state index is 5.28. The molecule has 0 radical (unpaired) electrons. The Hall–Kier alpha value is -1.12. The third kappa shape index (κ3) is 2.59. The van der Waals surface area contributed by atoms with Gasteiger partial charge in [-0.05, 0) is 28.8 Å². The second-order valence-electron chi connectivity index (χ2n) is 4.34. The van der Waals surface area contributed by atoms with Crippen molar-refractivity contribution < 1.29 is 4.74 Å². The first-order valence-corrected chi connectivity index (χ1v) is 6.58. The molecule has 1 aliphatic heterocycles. The molecule has 0 N–H and O–H groups in total. The Bertz CT molecular complexity index is 518. The molecule has 1 fully saturated rings. The van der Waals surface area contributed by atoms with Crippen LogP contribution in [0.1, 0.15) is 5.56 Å². The van der Waals surface area contributed by atoms with Crippen LogP contribution < -0.4 is 0 Å². The first-order valence-electron chi connectivity index (χ1n) is 5.78. The second kappa shape index (κ2) is 4.63. The molecule has 0 spiro atoms. The highest BCUT2D eigenvalue weighted by Crippen LogP contribution is 2.30. The van der Waals surface area contributed by atoms with Gasteiger partial charge in [-0.2, -0.15) is 0 Å². The molecule has 2 aromatic carbocycles. The van der Waals surface area contributed by atoms with Crippen molar-refractivity contribution in [2.24, 2.45) is 0 Å². The zero-order chi connectivity index (χ0) is 11.7. The molecule has 0 saturated carbocycles. The highest BCUT2D eigenvalue weighted by Gasteiger charge is 2.22. The molecule has 1 heterocycles. The topological polar surface area (TPSA) is 12.5 Å². The van der Waals surface area contributed by atoms with Gasteiger partial charge in [0.25, 0.3) is 0 Å². The van der Waals surface area contributed by atoms with E-state index in [1.807, 2.05) is 6.07 Å². The Morgan fingerprint density at radius 3 is 2.59 bits per heavy atom. The lowest BCUT2D eigenvalue weighted by Gasteiger charge is -2.07. The van der Waals surface area contributed by atoms with Crippen LogP contribution in [0.15, 0.2) is 53.0 Å². The molecular weight excluding hydrogens is 276 g/mol. The fourth-order valence-corrected chi connectivity index (χ4v) is 2.46. The van der Waals surface area contributed by atoms with E-state index in [0.717, 1.165) is 17.5 Å².